The lowest BCUT2D eigenvalue weighted by Crippen LogP contribution is -2.47. The first-order chi connectivity index (χ1) is 8.43. The van der Waals surface area contributed by atoms with Gasteiger partial charge in [0.2, 0.25) is 0 Å². The van der Waals surface area contributed by atoms with Crippen LogP contribution in [0.2, 0.25) is 0 Å². The maximum absolute atomic E-state index is 3.62. The number of halogens is 1. The van der Waals surface area contributed by atoms with Crippen molar-refractivity contribution in [2.24, 2.45) is 11.3 Å². The number of benzene rings is 1. The van der Waals surface area contributed by atoms with Crippen LogP contribution in [0.25, 0.3) is 0 Å². The third-order valence-corrected chi connectivity index (χ3v) is 6.11. The maximum atomic E-state index is 3.62. The summed E-state index contributed by atoms with van der Waals surface area (Å²) in [5.41, 5.74) is 4.14. The number of fused-ring (bicyclic) bond motifs is 3. The molecule has 18 heavy (non-hydrogen) atoms. The Hall–Kier alpha value is -0.300. The maximum Gasteiger partial charge on any atom is 0.0178 e. The lowest BCUT2D eigenvalue weighted by Gasteiger charge is -2.54. The average Bonchev–Trinajstić information content (AvgIpc) is 2.27. The van der Waals surface area contributed by atoms with Crippen molar-refractivity contribution in [2.75, 3.05) is 0 Å². The van der Waals surface area contributed by atoms with Gasteiger partial charge in [0.1, 0.15) is 0 Å². The zero-order chi connectivity index (χ0) is 13.0. The van der Waals surface area contributed by atoms with E-state index < -0.39 is 0 Å². The van der Waals surface area contributed by atoms with Crippen molar-refractivity contribution >= 4 is 15.9 Å². The zero-order valence-electron chi connectivity index (χ0n) is 11.7. The van der Waals surface area contributed by atoms with E-state index in [1.807, 2.05) is 0 Å². The molecule has 1 fully saturated rings. The molecule has 0 heterocycles. The van der Waals surface area contributed by atoms with E-state index in [0.29, 0.717) is 10.8 Å². The van der Waals surface area contributed by atoms with Crippen molar-refractivity contribution in [3.05, 3.63) is 33.8 Å². The predicted molar refractivity (Wildman–Crippen MR) is 80.9 cm³/mol. The van der Waals surface area contributed by atoms with Gasteiger partial charge in [0.25, 0.3) is 0 Å². The van der Waals surface area contributed by atoms with Crippen LogP contribution < -0.4 is 0 Å². The van der Waals surface area contributed by atoms with E-state index in [-0.39, 0.29) is 0 Å². The molecule has 0 bridgehead atoms. The molecule has 98 valence electrons. The summed E-state index contributed by atoms with van der Waals surface area (Å²) < 4.78 is 1.23. The van der Waals surface area contributed by atoms with Gasteiger partial charge in [-0.2, -0.15) is 0 Å². The van der Waals surface area contributed by atoms with Crippen LogP contribution in [0.1, 0.15) is 57.6 Å². The third-order valence-electron chi connectivity index (χ3n) is 5.61. The Kier molecular flexibility index (Phi) is 2.89. The fourth-order valence-electron chi connectivity index (χ4n) is 4.78. The largest absolute Gasteiger partial charge is 0.0596 e. The molecule has 0 radical (unpaired) electrons. The Balaban J connectivity index is 2.11. The first kappa shape index (κ1) is 12.7. The molecule has 1 aromatic carbocycles. The minimum absolute atomic E-state index is 0.413. The van der Waals surface area contributed by atoms with E-state index in [0.717, 1.165) is 5.92 Å². The lowest BCUT2D eigenvalue weighted by molar-refractivity contribution is 0.0407. The average molecular weight is 307 g/mol. The highest BCUT2D eigenvalue weighted by atomic mass is 79.9. The van der Waals surface area contributed by atoms with E-state index in [4.69, 9.17) is 0 Å². The highest BCUT2D eigenvalue weighted by molar-refractivity contribution is 9.10. The van der Waals surface area contributed by atoms with Crippen LogP contribution in [0.3, 0.4) is 0 Å². The van der Waals surface area contributed by atoms with Gasteiger partial charge in [-0.3, -0.25) is 0 Å². The fourth-order valence-corrected chi connectivity index (χ4v) is 5.19. The first-order valence-electron chi connectivity index (χ1n) is 7.22. The number of hydrogen-bond donors (Lipinski definition) is 0. The Morgan fingerprint density at radius 1 is 1.17 bits per heavy atom. The van der Waals surface area contributed by atoms with E-state index in [2.05, 4.69) is 54.9 Å². The highest BCUT2D eigenvalue weighted by Gasteiger charge is 2.49. The SMILES string of the molecule is CC1(C)CCC[C@]2(C)c3ccc(Br)cc3CC[C@@H]12. The van der Waals surface area contributed by atoms with Crippen molar-refractivity contribution in [2.45, 2.75) is 58.3 Å². The topological polar surface area (TPSA) is 0 Å². The summed E-state index contributed by atoms with van der Waals surface area (Å²) in [5, 5.41) is 0. The molecule has 0 spiro atoms. The molecule has 2 aliphatic rings. The summed E-state index contributed by atoms with van der Waals surface area (Å²) in [6.07, 6.45) is 6.79. The minimum atomic E-state index is 0.413. The Morgan fingerprint density at radius 2 is 1.94 bits per heavy atom. The standard InChI is InChI=1S/C17H23Br/c1-16(2)9-4-10-17(3)14-7-6-13(18)11-12(14)5-8-15(16)17/h6-7,11,15H,4-5,8-10H2,1-3H3/t15-,17+/m0/s1. The molecular weight excluding hydrogens is 284 g/mol. The molecule has 0 aromatic heterocycles. The molecule has 0 aliphatic heterocycles. The van der Waals surface area contributed by atoms with Crippen LogP contribution >= 0.6 is 15.9 Å². The van der Waals surface area contributed by atoms with Crippen molar-refractivity contribution in [3.63, 3.8) is 0 Å². The second-order valence-corrected chi connectivity index (χ2v) is 8.07. The van der Waals surface area contributed by atoms with Gasteiger partial charge in [-0.25, -0.2) is 0 Å². The van der Waals surface area contributed by atoms with Crippen molar-refractivity contribution < 1.29 is 0 Å². The summed E-state index contributed by atoms with van der Waals surface area (Å²) in [6, 6.07) is 6.96. The molecule has 1 saturated carbocycles. The number of hydrogen-bond acceptors (Lipinski definition) is 0. The van der Waals surface area contributed by atoms with Crippen molar-refractivity contribution in [1.29, 1.82) is 0 Å². The van der Waals surface area contributed by atoms with Crippen molar-refractivity contribution in [3.8, 4) is 0 Å². The molecule has 2 atom stereocenters. The van der Waals surface area contributed by atoms with Gasteiger partial charge >= 0.3 is 0 Å². The monoisotopic (exact) mass is 306 g/mol. The third kappa shape index (κ3) is 1.78. The summed E-state index contributed by atoms with van der Waals surface area (Å²) in [7, 11) is 0. The van der Waals surface area contributed by atoms with Crippen molar-refractivity contribution in [1.82, 2.24) is 0 Å². The second-order valence-electron chi connectivity index (χ2n) is 7.15. The molecule has 0 unspecified atom stereocenters. The molecule has 0 amide bonds. The second kappa shape index (κ2) is 4.10. The van der Waals surface area contributed by atoms with E-state index >= 15 is 0 Å². The molecular formula is C17H23Br. The van der Waals surface area contributed by atoms with Gasteiger partial charge in [0.15, 0.2) is 0 Å². The number of aryl methyl sites for hydroxylation is 1. The molecule has 0 nitrogen and oxygen atoms in total. The molecule has 0 N–H and O–H groups in total. The molecule has 1 heteroatoms. The molecule has 2 aliphatic carbocycles. The first-order valence-corrected chi connectivity index (χ1v) is 8.02. The van der Waals surface area contributed by atoms with Gasteiger partial charge in [0.05, 0.1) is 0 Å². The number of rotatable bonds is 0. The van der Waals surface area contributed by atoms with E-state index in [9.17, 15) is 0 Å². The van der Waals surface area contributed by atoms with Crippen LogP contribution in [0.5, 0.6) is 0 Å². The summed E-state index contributed by atoms with van der Waals surface area (Å²) >= 11 is 3.62. The van der Waals surface area contributed by atoms with Crippen LogP contribution in [-0.4, -0.2) is 0 Å². The van der Waals surface area contributed by atoms with Crippen LogP contribution in [0, 0.1) is 11.3 Å². The molecule has 1 aromatic rings. The summed E-state index contributed by atoms with van der Waals surface area (Å²) in [4.78, 5) is 0. The van der Waals surface area contributed by atoms with Gasteiger partial charge in [-0.15, -0.1) is 0 Å². The summed E-state index contributed by atoms with van der Waals surface area (Å²) in [6.45, 7) is 7.49. The molecule has 3 rings (SSSR count). The predicted octanol–water partition coefficient (Wildman–Crippen LogP) is 5.48. The van der Waals surface area contributed by atoms with E-state index in [1.165, 1.54) is 36.6 Å². The Labute approximate surface area is 119 Å². The highest BCUT2D eigenvalue weighted by Crippen LogP contribution is 2.57. The molecule has 0 saturated heterocycles. The minimum Gasteiger partial charge on any atom is -0.0596 e. The normalized spacial score (nSPS) is 33.7. The van der Waals surface area contributed by atoms with E-state index in [1.54, 1.807) is 11.1 Å². The van der Waals surface area contributed by atoms with Gasteiger partial charge in [-0.05, 0) is 65.7 Å². The Morgan fingerprint density at radius 3 is 2.72 bits per heavy atom. The lowest BCUT2D eigenvalue weighted by atomic mass is 9.50. The van der Waals surface area contributed by atoms with Crippen LogP contribution in [0.15, 0.2) is 22.7 Å². The summed E-state index contributed by atoms with van der Waals surface area (Å²) in [5.74, 6) is 0.854. The quantitative estimate of drug-likeness (QED) is 0.595. The zero-order valence-corrected chi connectivity index (χ0v) is 13.3. The van der Waals surface area contributed by atoms with Crippen LogP contribution in [-0.2, 0) is 11.8 Å². The van der Waals surface area contributed by atoms with Gasteiger partial charge in [0, 0.05) is 4.47 Å². The Bertz CT molecular complexity index is 474. The fraction of sp³-hybridized carbons (Fsp3) is 0.647. The van der Waals surface area contributed by atoms with Gasteiger partial charge < -0.3 is 0 Å². The van der Waals surface area contributed by atoms with Gasteiger partial charge in [-0.1, -0.05) is 49.2 Å². The van der Waals surface area contributed by atoms with Crippen LogP contribution in [0.4, 0.5) is 0 Å². The smallest absolute Gasteiger partial charge is 0.0178 e.